The molecule has 1 aromatic carbocycles. The number of benzene rings is 1. The number of ether oxygens (including phenoxy) is 2. The van der Waals surface area contributed by atoms with Crippen molar-refractivity contribution in [2.75, 3.05) is 6.61 Å². The zero-order valence-corrected chi connectivity index (χ0v) is 12.8. The number of nitrogens with zero attached hydrogens (tertiary/aromatic N) is 1. The summed E-state index contributed by atoms with van der Waals surface area (Å²) in [5.41, 5.74) is 2.11. The van der Waals surface area contributed by atoms with Crippen LogP contribution in [0.3, 0.4) is 0 Å². The first-order chi connectivity index (χ1) is 9.81. The number of carbonyl (C=O) groups is 1. The standard InChI is InChI=1S/C15H22N2O4/c1-5-8-20-12-7-6-11(13(18)9-12)10-16-17-14(19)21-15(2,3)4/h6-7,9-10,18H,5,8H2,1-4H3,(H,17,19). The number of hydrogen-bond acceptors (Lipinski definition) is 5. The molecular formula is C15H22N2O4. The number of phenolic OH excluding ortho intramolecular Hbond substituents is 1. The Balaban J connectivity index is 2.58. The summed E-state index contributed by atoms with van der Waals surface area (Å²) in [6.07, 6.45) is 1.58. The van der Waals surface area contributed by atoms with Crippen molar-refractivity contribution in [2.45, 2.75) is 39.7 Å². The van der Waals surface area contributed by atoms with Crippen LogP contribution in [0.25, 0.3) is 0 Å². The van der Waals surface area contributed by atoms with Gasteiger partial charge in [-0.3, -0.25) is 0 Å². The molecule has 1 aromatic rings. The quantitative estimate of drug-likeness (QED) is 0.646. The van der Waals surface area contributed by atoms with E-state index in [9.17, 15) is 9.90 Å². The molecule has 0 aliphatic carbocycles. The number of amides is 1. The molecule has 116 valence electrons. The fraction of sp³-hybridized carbons (Fsp3) is 0.467. The molecular weight excluding hydrogens is 272 g/mol. The maximum absolute atomic E-state index is 11.4. The Kier molecular flexibility index (Phi) is 6.02. The lowest BCUT2D eigenvalue weighted by molar-refractivity contribution is 0.0529. The number of hydrogen-bond donors (Lipinski definition) is 2. The molecule has 0 fully saturated rings. The Morgan fingerprint density at radius 2 is 2.14 bits per heavy atom. The topological polar surface area (TPSA) is 80.2 Å². The van der Waals surface area contributed by atoms with Crippen LogP contribution in [-0.4, -0.2) is 29.6 Å². The van der Waals surface area contributed by atoms with Gasteiger partial charge >= 0.3 is 6.09 Å². The minimum atomic E-state index is -0.652. The van der Waals surface area contributed by atoms with E-state index in [4.69, 9.17) is 9.47 Å². The predicted molar refractivity (Wildman–Crippen MR) is 80.9 cm³/mol. The summed E-state index contributed by atoms with van der Waals surface area (Å²) < 4.78 is 10.4. The van der Waals surface area contributed by atoms with Gasteiger partial charge in [0.15, 0.2) is 0 Å². The fourth-order valence-electron chi connectivity index (χ4n) is 1.40. The summed E-state index contributed by atoms with van der Waals surface area (Å²) in [6, 6.07) is 4.88. The normalized spacial score (nSPS) is 11.4. The minimum absolute atomic E-state index is 0.0262. The summed E-state index contributed by atoms with van der Waals surface area (Å²) >= 11 is 0. The van der Waals surface area contributed by atoms with Crippen LogP contribution in [0.1, 0.15) is 39.7 Å². The average Bonchev–Trinajstić information content (AvgIpc) is 2.36. The SMILES string of the molecule is CCCOc1ccc(C=NNC(=O)OC(C)(C)C)c(O)c1. The van der Waals surface area contributed by atoms with Crippen molar-refractivity contribution in [3.63, 3.8) is 0 Å². The van der Waals surface area contributed by atoms with Crippen molar-refractivity contribution in [3.05, 3.63) is 23.8 Å². The van der Waals surface area contributed by atoms with Gasteiger partial charge in [-0.1, -0.05) is 6.92 Å². The molecule has 0 spiro atoms. The number of phenols is 1. The first-order valence-electron chi connectivity index (χ1n) is 6.79. The molecule has 6 nitrogen and oxygen atoms in total. The van der Waals surface area contributed by atoms with E-state index in [-0.39, 0.29) is 5.75 Å². The summed E-state index contributed by atoms with van der Waals surface area (Å²) in [5, 5.41) is 13.6. The zero-order chi connectivity index (χ0) is 15.9. The van der Waals surface area contributed by atoms with Crippen LogP contribution >= 0.6 is 0 Å². The Morgan fingerprint density at radius 1 is 1.43 bits per heavy atom. The third-order valence-corrected chi connectivity index (χ3v) is 2.23. The lowest BCUT2D eigenvalue weighted by Gasteiger charge is -2.18. The average molecular weight is 294 g/mol. The van der Waals surface area contributed by atoms with Crippen molar-refractivity contribution in [3.8, 4) is 11.5 Å². The van der Waals surface area contributed by atoms with Gasteiger partial charge in [0.05, 0.1) is 12.8 Å². The second-order valence-electron chi connectivity index (χ2n) is 5.44. The van der Waals surface area contributed by atoms with Gasteiger partial charge < -0.3 is 14.6 Å². The molecule has 0 radical (unpaired) electrons. The van der Waals surface area contributed by atoms with E-state index >= 15 is 0 Å². The molecule has 0 bridgehead atoms. The summed E-state index contributed by atoms with van der Waals surface area (Å²) in [5.74, 6) is 0.616. The Morgan fingerprint density at radius 3 is 2.71 bits per heavy atom. The van der Waals surface area contributed by atoms with Crippen molar-refractivity contribution in [2.24, 2.45) is 5.10 Å². The zero-order valence-electron chi connectivity index (χ0n) is 12.8. The summed E-state index contributed by atoms with van der Waals surface area (Å²) in [7, 11) is 0. The molecule has 0 aromatic heterocycles. The van der Waals surface area contributed by atoms with Gasteiger partial charge in [-0.25, -0.2) is 10.2 Å². The maximum Gasteiger partial charge on any atom is 0.428 e. The van der Waals surface area contributed by atoms with Gasteiger partial charge in [0.2, 0.25) is 0 Å². The lowest BCUT2D eigenvalue weighted by Crippen LogP contribution is -2.29. The van der Waals surface area contributed by atoms with Crippen LogP contribution < -0.4 is 10.2 Å². The summed E-state index contributed by atoms with van der Waals surface area (Å²) in [6.45, 7) is 7.88. The molecule has 0 saturated heterocycles. The first kappa shape index (κ1) is 16.8. The van der Waals surface area contributed by atoms with E-state index in [1.807, 2.05) is 6.92 Å². The largest absolute Gasteiger partial charge is 0.507 e. The van der Waals surface area contributed by atoms with E-state index in [1.54, 1.807) is 32.9 Å². The van der Waals surface area contributed by atoms with Crippen molar-refractivity contribution in [1.82, 2.24) is 5.43 Å². The number of nitrogens with one attached hydrogen (secondary N) is 1. The smallest absolute Gasteiger partial charge is 0.428 e. The molecule has 0 atom stereocenters. The third kappa shape index (κ3) is 6.65. The van der Waals surface area contributed by atoms with E-state index in [0.29, 0.717) is 17.9 Å². The van der Waals surface area contributed by atoms with Crippen LogP contribution in [-0.2, 0) is 4.74 Å². The Hall–Kier alpha value is -2.24. The highest BCUT2D eigenvalue weighted by Gasteiger charge is 2.15. The van der Waals surface area contributed by atoms with Gasteiger partial charge in [0.25, 0.3) is 0 Å². The molecule has 1 amide bonds. The molecule has 21 heavy (non-hydrogen) atoms. The van der Waals surface area contributed by atoms with Crippen LogP contribution in [0.2, 0.25) is 0 Å². The van der Waals surface area contributed by atoms with Crippen molar-refractivity contribution >= 4 is 12.3 Å². The highest BCUT2D eigenvalue weighted by atomic mass is 16.6. The van der Waals surface area contributed by atoms with Crippen LogP contribution in [0, 0.1) is 0 Å². The second-order valence-corrected chi connectivity index (χ2v) is 5.44. The van der Waals surface area contributed by atoms with Crippen LogP contribution in [0.15, 0.2) is 23.3 Å². The summed E-state index contributed by atoms with van der Waals surface area (Å²) in [4.78, 5) is 11.4. The Bertz CT molecular complexity index is 507. The van der Waals surface area contributed by atoms with Gasteiger partial charge in [-0.05, 0) is 39.3 Å². The van der Waals surface area contributed by atoms with Gasteiger partial charge in [-0.2, -0.15) is 5.10 Å². The molecule has 2 N–H and O–H groups in total. The number of hydrazone groups is 1. The molecule has 0 unspecified atom stereocenters. The highest BCUT2D eigenvalue weighted by Crippen LogP contribution is 2.22. The molecule has 6 heteroatoms. The molecule has 0 aliphatic heterocycles. The van der Waals surface area contributed by atoms with Gasteiger partial charge in [0.1, 0.15) is 17.1 Å². The monoisotopic (exact) mass is 294 g/mol. The van der Waals surface area contributed by atoms with Crippen LogP contribution in [0.5, 0.6) is 11.5 Å². The van der Waals surface area contributed by atoms with E-state index < -0.39 is 11.7 Å². The number of aromatic hydroxyl groups is 1. The second kappa shape index (κ2) is 7.52. The maximum atomic E-state index is 11.4. The predicted octanol–water partition coefficient (Wildman–Crippen LogP) is 3.04. The van der Waals surface area contributed by atoms with Gasteiger partial charge in [0, 0.05) is 11.6 Å². The van der Waals surface area contributed by atoms with Crippen molar-refractivity contribution in [1.29, 1.82) is 0 Å². The first-order valence-corrected chi connectivity index (χ1v) is 6.79. The molecule has 0 heterocycles. The van der Waals surface area contributed by atoms with Crippen LogP contribution in [0.4, 0.5) is 4.79 Å². The minimum Gasteiger partial charge on any atom is -0.507 e. The van der Waals surface area contributed by atoms with E-state index in [1.165, 1.54) is 12.3 Å². The number of carbonyl (C=O) groups excluding carboxylic acids is 1. The van der Waals surface area contributed by atoms with Gasteiger partial charge in [-0.15, -0.1) is 0 Å². The Labute approximate surface area is 124 Å². The molecule has 1 rings (SSSR count). The van der Waals surface area contributed by atoms with Crippen molar-refractivity contribution < 1.29 is 19.4 Å². The highest BCUT2D eigenvalue weighted by molar-refractivity contribution is 5.84. The van der Waals surface area contributed by atoms with E-state index in [2.05, 4.69) is 10.5 Å². The van der Waals surface area contributed by atoms with E-state index in [0.717, 1.165) is 6.42 Å². The lowest BCUT2D eigenvalue weighted by atomic mass is 10.2. The number of rotatable bonds is 5. The molecule has 0 aliphatic rings. The molecule has 0 saturated carbocycles. The third-order valence-electron chi connectivity index (χ3n) is 2.23. The fourth-order valence-corrected chi connectivity index (χ4v) is 1.40.